The number of carbonyl (C=O) groups excluding carboxylic acids is 1. The Morgan fingerprint density at radius 3 is 2.86 bits per heavy atom. The van der Waals surface area contributed by atoms with Gasteiger partial charge >= 0.3 is 5.97 Å². The maximum Gasteiger partial charge on any atom is 0.355 e. The Labute approximate surface area is 130 Å². The van der Waals surface area contributed by atoms with Gasteiger partial charge in [-0.05, 0) is 17.7 Å². The largest absolute Gasteiger partial charge is 0.476 e. The van der Waals surface area contributed by atoms with Crippen LogP contribution < -0.4 is 5.32 Å². The van der Waals surface area contributed by atoms with Crippen molar-refractivity contribution >= 4 is 34.8 Å². The summed E-state index contributed by atoms with van der Waals surface area (Å²) in [6, 6.07) is 7.14. The molecule has 0 unspecified atom stereocenters. The molecule has 0 aliphatic carbocycles. The second-order valence-corrected chi connectivity index (χ2v) is 5.72. The lowest BCUT2D eigenvalue weighted by Gasteiger charge is -2.04. The molecule has 21 heavy (non-hydrogen) atoms. The van der Waals surface area contributed by atoms with Crippen LogP contribution in [0.25, 0.3) is 0 Å². The summed E-state index contributed by atoms with van der Waals surface area (Å²) in [5, 5.41) is 14.3. The molecule has 110 valence electrons. The van der Waals surface area contributed by atoms with E-state index in [1.165, 1.54) is 16.7 Å². The zero-order valence-corrected chi connectivity index (χ0v) is 12.6. The van der Waals surface area contributed by atoms with Gasteiger partial charge < -0.3 is 10.4 Å². The minimum atomic E-state index is -1.04. The first-order valence-electron chi connectivity index (χ1n) is 6.23. The molecule has 0 radical (unpaired) electrons. The summed E-state index contributed by atoms with van der Waals surface area (Å²) in [6.45, 7) is 0.423. The summed E-state index contributed by atoms with van der Waals surface area (Å²) in [7, 11) is 0. The number of halogens is 1. The molecule has 7 heteroatoms. The lowest BCUT2D eigenvalue weighted by atomic mass is 10.1. The molecule has 0 fully saturated rings. The number of hydrogen-bond donors (Lipinski definition) is 2. The smallest absolute Gasteiger partial charge is 0.355 e. The van der Waals surface area contributed by atoms with Crippen molar-refractivity contribution in [3.63, 3.8) is 0 Å². The molecule has 2 rings (SSSR count). The highest BCUT2D eigenvalue weighted by atomic mass is 35.5. The molecule has 1 heterocycles. The molecule has 0 saturated heterocycles. The van der Waals surface area contributed by atoms with Gasteiger partial charge in [0.1, 0.15) is 0 Å². The molecule has 0 bridgehead atoms. The monoisotopic (exact) mass is 324 g/mol. The Kier molecular flexibility index (Phi) is 5.30. The van der Waals surface area contributed by atoms with E-state index in [9.17, 15) is 9.59 Å². The van der Waals surface area contributed by atoms with E-state index in [0.29, 0.717) is 23.0 Å². The van der Waals surface area contributed by atoms with Gasteiger partial charge in [-0.1, -0.05) is 23.7 Å². The highest BCUT2D eigenvalue weighted by Crippen LogP contribution is 2.11. The number of carbonyl (C=O) groups is 2. The minimum absolute atomic E-state index is 0.0419. The fourth-order valence-corrected chi connectivity index (χ4v) is 2.71. The molecule has 1 aromatic heterocycles. The molecule has 5 nitrogen and oxygen atoms in total. The number of nitrogens with one attached hydrogen (secondary N) is 1. The highest BCUT2D eigenvalue weighted by molar-refractivity contribution is 7.09. The molecule has 2 N–H and O–H groups in total. The number of nitrogens with zero attached hydrogens (tertiary/aromatic N) is 1. The minimum Gasteiger partial charge on any atom is -0.476 e. The van der Waals surface area contributed by atoms with Crippen LogP contribution in [0, 0.1) is 0 Å². The van der Waals surface area contributed by atoms with E-state index < -0.39 is 5.97 Å². The maximum absolute atomic E-state index is 11.8. The summed E-state index contributed by atoms with van der Waals surface area (Å²) in [5.74, 6) is -1.14. The van der Waals surface area contributed by atoms with Crippen molar-refractivity contribution in [1.82, 2.24) is 10.3 Å². The van der Waals surface area contributed by atoms with Crippen molar-refractivity contribution in [2.24, 2.45) is 0 Å². The molecule has 0 spiro atoms. The predicted octanol–water partition coefficient (Wildman–Crippen LogP) is 2.40. The third kappa shape index (κ3) is 4.84. The van der Waals surface area contributed by atoms with Crippen LogP contribution in [0.4, 0.5) is 0 Å². The molecular formula is C14H13ClN2O3S. The molecule has 2 aromatic rings. The standard InChI is InChI=1S/C14H13ClN2O3S/c15-10-3-1-2-9(6-10)7-12(18)16-5-4-13-17-11(8-21-13)14(19)20/h1-3,6,8H,4-5,7H2,(H,16,18)(H,19,20). The second kappa shape index (κ2) is 7.19. The Balaban J connectivity index is 1.77. The first-order valence-corrected chi connectivity index (χ1v) is 7.49. The number of rotatable bonds is 6. The summed E-state index contributed by atoms with van der Waals surface area (Å²) in [4.78, 5) is 26.4. The van der Waals surface area contributed by atoms with Gasteiger partial charge in [-0.15, -0.1) is 11.3 Å². The average molecular weight is 325 g/mol. The number of carboxylic acid groups (broad SMARTS) is 1. The third-order valence-corrected chi connectivity index (χ3v) is 3.83. The second-order valence-electron chi connectivity index (χ2n) is 4.34. The fraction of sp³-hybridized carbons (Fsp3) is 0.214. The third-order valence-electron chi connectivity index (χ3n) is 2.69. The predicted molar refractivity (Wildman–Crippen MR) is 80.9 cm³/mol. The quantitative estimate of drug-likeness (QED) is 0.855. The highest BCUT2D eigenvalue weighted by Gasteiger charge is 2.09. The Morgan fingerprint density at radius 2 is 2.19 bits per heavy atom. The summed E-state index contributed by atoms with van der Waals surface area (Å²) >= 11 is 7.13. The van der Waals surface area contributed by atoms with Gasteiger partial charge in [0.05, 0.1) is 11.4 Å². The van der Waals surface area contributed by atoms with Crippen molar-refractivity contribution in [3.8, 4) is 0 Å². The number of benzene rings is 1. The van der Waals surface area contributed by atoms with E-state index in [2.05, 4.69) is 10.3 Å². The van der Waals surface area contributed by atoms with Crippen LogP contribution in [0.1, 0.15) is 21.1 Å². The molecular weight excluding hydrogens is 312 g/mol. The number of thiazole rings is 1. The van der Waals surface area contributed by atoms with E-state index in [1.54, 1.807) is 18.2 Å². The average Bonchev–Trinajstić information content (AvgIpc) is 2.87. The van der Waals surface area contributed by atoms with Crippen molar-refractivity contribution in [3.05, 3.63) is 50.9 Å². The molecule has 0 saturated carbocycles. The molecule has 1 aromatic carbocycles. The zero-order valence-electron chi connectivity index (χ0n) is 11.0. The first-order chi connectivity index (χ1) is 10.0. The number of aromatic carboxylic acids is 1. The number of amides is 1. The summed E-state index contributed by atoms with van der Waals surface area (Å²) < 4.78 is 0. The number of carboxylic acids is 1. The van der Waals surface area contributed by atoms with Gasteiger partial charge in [0.15, 0.2) is 5.69 Å². The summed E-state index contributed by atoms with van der Waals surface area (Å²) in [6.07, 6.45) is 0.776. The van der Waals surface area contributed by atoms with Crippen LogP contribution in [0.3, 0.4) is 0 Å². The number of hydrogen-bond acceptors (Lipinski definition) is 4. The molecule has 1 amide bonds. The van der Waals surface area contributed by atoms with Gasteiger partial charge in [0, 0.05) is 23.4 Å². The maximum atomic E-state index is 11.8. The van der Waals surface area contributed by atoms with Gasteiger partial charge in [-0.25, -0.2) is 9.78 Å². The van der Waals surface area contributed by atoms with Crippen LogP contribution in [0.15, 0.2) is 29.6 Å². The van der Waals surface area contributed by atoms with Crippen LogP contribution in [0.5, 0.6) is 0 Å². The van der Waals surface area contributed by atoms with Gasteiger partial charge in [0.25, 0.3) is 0 Å². The van der Waals surface area contributed by atoms with Crippen LogP contribution >= 0.6 is 22.9 Å². The first kappa shape index (κ1) is 15.5. The lowest BCUT2D eigenvalue weighted by molar-refractivity contribution is -0.120. The van der Waals surface area contributed by atoms with Crippen LogP contribution in [-0.2, 0) is 17.6 Å². The Hall–Kier alpha value is -1.92. The van der Waals surface area contributed by atoms with E-state index in [-0.39, 0.29) is 18.0 Å². The lowest BCUT2D eigenvalue weighted by Crippen LogP contribution is -2.27. The van der Waals surface area contributed by atoms with Crippen molar-refractivity contribution in [2.75, 3.05) is 6.54 Å². The fourth-order valence-electron chi connectivity index (χ4n) is 1.73. The van der Waals surface area contributed by atoms with Crippen molar-refractivity contribution in [1.29, 1.82) is 0 Å². The van der Waals surface area contributed by atoms with E-state index in [1.807, 2.05) is 6.07 Å². The summed E-state index contributed by atoms with van der Waals surface area (Å²) in [5.41, 5.74) is 0.891. The van der Waals surface area contributed by atoms with Crippen molar-refractivity contribution in [2.45, 2.75) is 12.8 Å². The van der Waals surface area contributed by atoms with E-state index in [4.69, 9.17) is 16.7 Å². The molecule has 0 atom stereocenters. The topological polar surface area (TPSA) is 79.3 Å². The van der Waals surface area contributed by atoms with E-state index in [0.717, 1.165) is 5.56 Å². The van der Waals surface area contributed by atoms with Gasteiger partial charge in [-0.2, -0.15) is 0 Å². The normalized spacial score (nSPS) is 10.3. The van der Waals surface area contributed by atoms with Gasteiger partial charge in [-0.3, -0.25) is 4.79 Å². The Bertz CT molecular complexity index is 657. The molecule has 0 aliphatic heterocycles. The van der Waals surface area contributed by atoms with Crippen LogP contribution in [-0.4, -0.2) is 28.5 Å². The Morgan fingerprint density at radius 1 is 1.38 bits per heavy atom. The van der Waals surface area contributed by atoms with Gasteiger partial charge in [0.2, 0.25) is 5.91 Å². The number of aromatic nitrogens is 1. The van der Waals surface area contributed by atoms with Crippen LogP contribution in [0.2, 0.25) is 5.02 Å². The zero-order chi connectivity index (χ0) is 15.2. The van der Waals surface area contributed by atoms with E-state index >= 15 is 0 Å². The van der Waals surface area contributed by atoms with Crippen molar-refractivity contribution < 1.29 is 14.7 Å². The SMILES string of the molecule is O=C(Cc1cccc(Cl)c1)NCCc1nc(C(=O)O)cs1. The molecule has 0 aliphatic rings.